The van der Waals surface area contributed by atoms with E-state index in [-0.39, 0.29) is 5.82 Å². The van der Waals surface area contributed by atoms with E-state index in [1.807, 2.05) is 20.0 Å². The van der Waals surface area contributed by atoms with E-state index in [0.717, 1.165) is 23.5 Å². The highest BCUT2D eigenvalue weighted by Crippen LogP contribution is 2.23. The molecule has 0 radical (unpaired) electrons. The quantitative estimate of drug-likeness (QED) is 0.916. The molecule has 0 aliphatic carbocycles. The monoisotopic (exact) mass is 259 g/mol. The molecule has 1 aromatic carbocycles. The van der Waals surface area contributed by atoms with Crippen LogP contribution in [0.4, 0.5) is 10.2 Å². The summed E-state index contributed by atoms with van der Waals surface area (Å²) in [6.45, 7) is 5.76. The average molecular weight is 259 g/mol. The summed E-state index contributed by atoms with van der Waals surface area (Å²) in [6.07, 6.45) is 0.866. The molecule has 1 N–H and O–H groups in total. The molecule has 1 heterocycles. The van der Waals surface area contributed by atoms with Gasteiger partial charge in [-0.2, -0.15) is 0 Å². The number of hydrogen-bond acceptors (Lipinski definition) is 3. The Morgan fingerprint density at radius 1 is 1.21 bits per heavy atom. The van der Waals surface area contributed by atoms with E-state index in [4.69, 9.17) is 0 Å². The van der Waals surface area contributed by atoms with Gasteiger partial charge >= 0.3 is 0 Å². The van der Waals surface area contributed by atoms with Crippen LogP contribution in [0.25, 0.3) is 11.4 Å². The second-order valence-electron chi connectivity index (χ2n) is 4.53. The van der Waals surface area contributed by atoms with Crippen molar-refractivity contribution in [2.45, 2.75) is 27.2 Å². The normalized spacial score (nSPS) is 10.6. The largest absolute Gasteiger partial charge is 0.373 e. The van der Waals surface area contributed by atoms with E-state index in [1.54, 1.807) is 13.0 Å². The number of benzene rings is 1. The maximum Gasteiger partial charge on any atom is 0.161 e. The summed E-state index contributed by atoms with van der Waals surface area (Å²) in [4.78, 5) is 8.95. The van der Waals surface area contributed by atoms with Crippen molar-refractivity contribution in [2.24, 2.45) is 0 Å². The molecule has 0 unspecified atom stereocenters. The van der Waals surface area contributed by atoms with Gasteiger partial charge in [-0.1, -0.05) is 19.1 Å². The number of aryl methyl sites for hydroxylation is 2. The summed E-state index contributed by atoms with van der Waals surface area (Å²) in [7, 11) is 1.83. The van der Waals surface area contributed by atoms with Crippen LogP contribution < -0.4 is 5.32 Å². The first-order valence-corrected chi connectivity index (χ1v) is 6.38. The van der Waals surface area contributed by atoms with Crippen LogP contribution in [0.2, 0.25) is 0 Å². The number of anilines is 1. The predicted octanol–water partition coefficient (Wildman–Crippen LogP) is 3.50. The molecule has 19 heavy (non-hydrogen) atoms. The zero-order valence-electron chi connectivity index (χ0n) is 11.7. The second kappa shape index (κ2) is 5.34. The zero-order chi connectivity index (χ0) is 14.0. The van der Waals surface area contributed by atoms with Gasteiger partial charge in [0.2, 0.25) is 0 Å². The molecular formula is C15H18FN3. The lowest BCUT2D eigenvalue weighted by Crippen LogP contribution is -2.05. The fourth-order valence-corrected chi connectivity index (χ4v) is 2.09. The van der Waals surface area contributed by atoms with Crippen molar-refractivity contribution in [1.82, 2.24) is 9.97 Å². The summed E-state index contributed by atoms with van der Waals surface area (Å²) < 4.78 is 13.6. The molecule has 0 bridgehead atoms. The van der Waals surface area contributed by atoms with Crippen molar-refractivity contribution in [2.75, 3.05) is 12.4 Å². The highest BCUT2D eigenvalue weighted by Gasteiger charge is 2.11. The van der Waals surface area contributed by atoms with Crippen molar-refractivity contribution >= 4 is 5.82 Å². The summed E-state index contributed by atoms with van der Waals surface area (Å²) in [5, 5.41) is 3.08. The Hall–Kier alpha value is -1.97. The van der Waals surface area contributed by atoms with Crippen LogP contribution in [0.15, 0.2) is 18.2 Å². The highest BCUT2D eigenvalue weighted by atomic mass is 19.1. The third-order valence-electron chi connectivity index (χ3n) is 3.23. The molecular weight excluding hydrogens is 241 g/mol. The number of halogens is 1. The smallest absolute Gasteiger partial charge is 0.161 e. The lowest BCUT2D eigenvalue weighted by molar-refractivity contribution is 0.619. The number of nitrogens with one attached hydrogen (secondary N) is 1. The molecule has 0 aliphatic heterocycles. The molecule has 0 saturated heterocycles. The molecule has 1 aromatic heterocycles. The van der Waals surface area contributed by atoms with Gasteiger partial charge in [0.1, 0.15) is 11.6 Å². The Labute approximate surface area is 112 Å². The van der Waals surface area contributed by atoms with Gasteiger partial charge in [-0.05, 0) is 31.9 Å². The van der Waals surface area contributed by atoms with Crippen molar-refractivity contribution in [3.63, 3.8) is 0 Å². The SMILES string of the molecule is CCc1c(C)nc(-c2ccc(C)c(F)c2)nc1NC. The first kappa shape index (κ1) is 13.5. The number of rotatable bonds is 3. The first-order valence-electron chi connectivity index (χ1n) is 6.38. The maximum atomic E-state index is 13.6. The Kier molecular flexibility index (Phi) is 3.79. The molecule has 0 atom stereocenters. The fourth-order valence-electron chi connectivity index (χ4n) is 2.09. The Morgan fingerprint density at radius 2 is 1.95 bits per heavy atom. The maximum absolute atomic E-state index is 13.6. The number of aromatic nitrogens is 2. The van der Waals surface area contributed by atoms with Gasteiger partial charge in [0, 0.05) is 23.9 Å². The summed E-state index contributed by atoms with van der Waals surface area (Å²) in [5.74, 6) is 1.13. The van der Waals surface area contributed by atoms with Crippen LogP contribution >= 0.6 is 0 Å². The van der Waals surface area contributed by atoms with Gasteiger partial charge < -0.3 is 5.32 Å². The Morgan fingerprint density at radius 3 is 2.53 bits per heavy atom. The van der Waals surface area contributed by atoms with Gasteiger partial charge in [-0.15, -0.1) is 0 Å². The fraction of sp³-hybridized carbons (Fsp3) is 0.333. The highest BCUT2D eigenvalue weighted by molar-refractivity contribution is 5.60. The van der Waals surface area contributed by atoms with E-state index in [2.05, 4.69) is 22.2 Å². The van der Waals surface area contributed by atoms with Crippen LogP contribution in [0.3, 0.4) is 0 Å². The third-order valence-corrected chi connectivity index (χ3v) is 3.23. The van der Waals surface area contributed by atoms with Crippen LogP contribution in [0.5, 0.6) is 0 Å². The summed E-state index contributed by atoms with van der Waals surface area (Å²) in [5.41, 5.74) is 3.35. The van der Waals surface area contributed by atoms with Gasteiger partial charge in [0.25, 0.3) is 0 Å². The third kappa shape index (κ3) is 2.57. The van der Waals surface area contributed by atoms with Gasteiger partial charge in [0.05, 0.1) is 0 Å². The van der Waals surface area contributed by atoms with Gasteiger partial charge in [0.15, 0.2) is 5.82 Å². The van der Waals surface area contributed by atoms with E-state index in [1.165, 1.54) is 6.07 Å². The molecule has 2 aromatic rings. The molecule has 3 nitrogen and oxygen atoms in total. The first-order chi connectivity index (χ1) is 9.06. The second-order valence-corrected chi connectivity index (χ2v) is 4.53. The lowest BCUT2D eigenvalue weighted by Gasteiger charge is -2.11. The van der Waals surface area contributed by atoms with Gasteiger partial charge in [-0.25, -0.2) is 14.4 Å². The molecule has 0 aliphatic rings. The average Bonchev–Trinajstić information content (AvgIpc) is 2.40. The minimum Gasteiger partial charge on any atom is -0.373 e. The Balaban J connectivity index is 2.56. The zero-order valence-corrected chi connectivity index (χ0v) is 11.7. The van der Waals surface area contributed by atoms with E-state index in [9.17, 15) is 4.39 Å². The summed E-state index contributed by atoms with van der Waals surface area (Å²) >= 11 is 0. The lowest BCUT2D eigenvalue weighted by atomic mass is 10.1. The summed E-state index contributed by atoms with van der Waals surface area (Å²) in [6, 6.07) is 5.07. The minimum absolute atomic E-state index is 0.232. The van der Waals surface area contributed by atoms with E-state index < -0.39 is 0 Å². The van der Waals surface area contributed by atoms with Crippen molar-refractivity contribution in [3.05, 3.63) is 40.8 Å². The van der Waals surface area contributed by atoms with Crippen LogP contribution in [0, 0.1) is 19.7 Å². The molecule has 2 rings (SSSR count). The molecule has 4 heteroatoms. The van der Waals surface area contributed by atoms with Crippen LogP contribution in [0.1, 0.15) is 23.7 Å². The Bertz CT molecular complexity index is 609. The number of hydrogen-bond donors (Lipinski definition) is 1. The minimum atomic E-state index is -0.232. The van der Waals surface area contributed by atoms with Crippen molar-refractivity contribution < 1.29 is 4.39 Å². The molecule has 0 spiro atoms. The van der Waals surface area contributed by atoms with Crippen LogP contribution in [-0.2, 0) is 6.42 Å². The topological polar surface area (TPSA) is 37.8 Å². The van der Waals surface area contributed by atoms with E-state index in [0.29, 0.717) is 17.0 Å². The molecule has 0 saturated carbocycles. The van der Waals surface area contributed by atoms with Gasteiger partial charge in [-0.3, -0.25) is 0 Å². The van der Waals surface area contributed by atoms with Crippen molar-refractivity contribution in [1.29, 1.82) is 0 Å². The molecule has 100 valence electrons. The van der Waals surface area contributed by atoms with Crippen LogP contribution in [-0.4, -0.2) is 17.0 Å². The van der Waals surface area contributed by atoms with E-state index >= 15 is 0 Å². The number of nitrogens with zero attached hydrogens (tertiary/aromatic N) is 2. The standard InChI is InChI=1S/C15H18FN3/c1-5-12-10(3)18-14(19-15(12)17-4)11-7-6-9(2)13(16)8-11/h6-8H,5H2,1-4H3,(H,17,18,19). The molecule has 0 fully saturated rings. The predicted molar refractivity (Wildman–Crippen MR) is 75.8 cm³/mol. The van der Waals surface area contributed by atoms with Crippen molar-refractivity contribution in [3.8, 4) is 11.4 Å². The molecule has 0 amide bonds.